The molecule has 0 radical (unpaired) electrons. The summed E-state index contributed by atoms with van der Waals surface area (Å²) in [6.07, 6.45) is 7.05. The predicted octanol–water partition coefficient (Wildman–Crippen LogP) is 1.18. The van der Waals surface area contributed by atoms with Crippen LogP contribution in [0.5, 0.6) is 0 Å². The van der Waals surface area contributed by atoms with E-state index < -0.39 is 5.60 Å². The van der Waals surface area contributed by atoms with Gasteiger partial charge in [0.25, 0.3) is 0 Å². The Morgan fingerprint density at radius 1 is 1.35 bits per heavy atom. The highest BCUT2D eigenvalue weighted by Gasteiger charge is 2.33. The van der Waals surface area contributed by atoms with Gasteiger partial charge in [-0.15, -0.1) is 5.10 Å². The second kappa shape index (κ2) is 5.75. The third kappa shape index (κ3) is 3.11. The third-order valence-corrected chi connectivity index (χ3v) is 4.48. The first-order valence-corrected chi connectivity index (χ1v) is 7.91. The molecule has 4 rings (SSSR count). The van der Waals surface area contributed by atoms with E-state index in [-0.39, 0.29) is 0 Å². The van der Waals surface area contributed by atoms with E-state index in [1.54, 1.807) is 17.1 Å². The number of piperidine rings is 1. The maximum atomic E-state index is 10.9. The summed E-state index contributed by atoms with van der Waals surface area (Å²) in [6, 6.07) is 6.34. The fourth-order valence-electron chi connectivity index (χ4n) is 3.43. The third-order valence-electron chi connectivity index (χ3n) is 4.48. The van der Waals surface area contributed by atoms with E-state index in [1.165, 1.54) is 5.56 Å². The van der Waals surface area contributed by atoms with Crippen molar-refractivity contribution in [2.45, 2.75) is 31.5 Å². The number of fused-ring (bicyclic) bond motifs is 1. The summed E-state index contributed by atoms with van der Waals surface area (Å²) in [5.41, 5.74) is 1.54. The van der Waals surface area contributed by atoms with E-state index in [2.05, 4.69) is 43.6 Å². The summed E-state index contributed by atoms with van der Waals surface area (Å²) in [7, 11) is 0. The molecule has 3 aromatic rings. The number of hydrogen-bond acceptors (Lipinski definition) is 5. The van der Waals surface area contributed by atoms with Gasteiger partial charge in [-0.25, -0.2) is 4.68 Å². The van der Waals surface area contributed by atoms with Crippen LogP contribution >= 0.6 is 0 Å². The zero-order chi connectivity index (χ0) is 15.7. The molecule has 1 aliphatic rings. The van der Waals surface area contributed by atoms with Crippen molar-refractivity contribution in [3.05, 3.63) is 42.4 Å². The molecule has 0 spiro atoms. The minimum Gasteiger partial charge on any atom is -0.387 e. The van der Waals surface area contributed by atoms with Crippen molar-refractivity contribution in [1.29, 1.82) is 0 Å². The zero-order valence-electron chi connectivity index (χ0n) is 12.9. The topological polar surface area (TPSA) is 82.9 Å². The van der Waals surface area contributed by atoms with Gasteiger partial charge in [0.1, 0.15) is 0 Å². The number of β-amino-alcohol motifs (C(OH)–C–C–N with tert-alkyl or cyclic N) is 1. The molecule has 1 saturated heterocycles. The second-order valence-electron chi connectivity index (χ2n) is 6.43. The fraction of sp³-hybridized carbons (Fsp3) is 0.438. The number of rotatable bonds is 4. The van der Waals surface area contributed by atoms with Crippen LogP contribution in [0.15, 0.2) is 36.8 Å². The standard InChI is InChI=1S/C16H20N6O/c23-16(12-22-7-5-17-20-22)4-1-6-21(11-16)10-13-2-3-14-9-18-19-15(14)8-13/h2-3,5,7-9,23H,1,4,6,10-12H2,(H,18,19). The summed E-state index contributed by atoms with van der Waals surface area (Å²) in [6.45, 7) is 2.96. The molecule has 23 heavy (non-hydrogen) atoms. The van der Waals surface area contributed by atoms with E-state index in [0.29, 0.717) is 13.1 Å². The van der Waals surface area contributed by atoms with E-state index in [9.17, 15) is 5.11 Å². The predicted molar refractivity (Wildman–Crippen MR) is 85.6 cm³/mol. The average molecular weight is 312 g/mol. The molecule has 1 aromatic carbocycles. The van der Waals surface area contributed by atoms with Crippen LogP contribution in [0, 0.1) is 0 Å². The molecule has 120 valence electrons. The lowest BCUT2D eigenvalue weighted by Gasteiger charge is -2.39. The van der Waals surface area contributed by atoms with Crippen LogP contribution in [-0.4, -0.2) is 53.9 Å². The molecule has 1 atom stereocenters. The van der Waals surface area contributed by atoms with E-state index in [4.69, 9.17) is 0 Å². The van der Waals surface area contributed by atoms with Crippen molar-refractivity contribution < 1.29 is 5.11 Å². The van der Waals surface area contributed by atoms with Gasteiger partial charge in [-0.2, -0.15) is 5.10 Å². The lowest BCUT2D eigenvalue weighted by molar-refractivity contribution is -0.0478. The van der Waals surface area contributed by atoms with Crippen LogP contribution in [0.25, 0.3) is 10.9 Å². The Labute approximate surface area is 133 Å². The van der Waals surface area contributed by atoms with Crippen LogP contribution in [0.2, 0.25) is 0 Å². The van der Waals surface area contributed by atoms with Crippen molar-refractivity contribution in [3.8, 4) is 0 Å². The summed E-state index contributed by atoms with van der Waals surface area (Å²) in [4.78, 5) is 2.30. The largest absolute Gasteiger partial charge is 0.387 e. The smallest absolute Gasteiger partial charge is 0.0970 e. The number of nitrogens with one attached hydrogen (secondary N) is 1. The Kier molecular flexibility index (Phi) is 3.59. The SMILES string of the molecule is OC1(Cn2ccnn2)CCCN(Cc2ccc3cn[nH]c3c2)C1. The Hall–Kier alpha value is -2.25. The molecule has 2 N–H and O–H groups in total. The molecular formula is C16H20N6O. The molecule has 7 heteroatoms. The summed E-state index contributed by atoms with van der Waals surface area (Å²) >= 11 is 0. The highest BCUT2D eigenvalue weighted by Crippen LogP contribution is 2.24. The molecule has 1 unspecified atom stereocenters. The molecule has 1 fully saturated rings. The number of aromatic nitrogens is 5. The van der Waals surface area contributed by atoms with Crippen molar-refractivity contribution in [2.75, 3.05) is 13.1 Å². The monoisotopic (exact) mass is 312 g/mol. The van der Waals surface area contributed by atoms with Gasteiger partial charge in [-0.05, 0) is 31.0 Å². The lowest BCUT2D eigenvalue weighted by Crippen LogP contribution is -2.50. The minimum absolute atomic E-state index is 0.489. The molecule has 0 bridgehead atoms. The Bertz CT molecular complexity index is 783. The molecular weight excluding hydrogens is 292 g/mol. The van der Waals surface area contributed by atoms with Crippen molar-refractivity contribution in [1.82, 2.24) is 30.1 Å². The van der Waals surface area contributed by atoms with Gasteiger partial charge < -0.3 is 5.11 Å². The Balaban J connectivity index is 1.46. The van der Waals surface area contributed by atoms with Gasteiger partial charge in [-0.1, -0.05) is 17.3 Å². The molecule has 0 aliphatic carbocycles. The van der Waals surface area contributed by atoms with E-state index in [0.717, 1.165) is 36.8 Å². The van der Waals surface area contributed by atoms with Gasteiger partial charge >= 0.3 is 0 Å². The van der Waals surface area contributed by atoms with Gasteiger partial charge in [-0.3, -0.25) is 10.00 Å². The van der Waals surface area contributed by atoms with E-state index >= 15 is 0 Å². The van der Waals surface area contributed by atoms with Crippen LogP contribution in [0.3, 0.4) is 0 Å². The number of likely N-dealkylation sites (tertiary alicyclic amines) is 1. The first-order chi connectivity index (χ1) is 11.2. The maximum absolute atomic E-state index is 10.9. The van der Waals surface area contributed by atoms with Crippen LogP contribution < -0.4 is 0 Å². The molecule has 7 nitrogen and oxygen atoms in total. The lowest BCUT2D eigenvalue weighted by atomic mass is 9.92. The normalized spacial score (nSPS) is 22.7. The number of benzene rings is 1. The highest BCUT2D eigenvalue weighted by atomic mass is 16.3. The van der Waals surface area contributed by atoms with Gasteiger partial charge in [0, 0.05) is 24.7 Å². The van der Waals surface area contributed by atoms with Gasteiger partial charge in [0.2, 0.25) is 0 Å². The first kappa shape index (κ1) is 14.3. The highest BCUT2D eigenvalue weighted by molar-refractivity contribution is 5.78. The van der Waals surface area contributed by atoms with Crippen molar-refractivity contribution in [3.63, 3.8) is 0 Å². The maximum Gasteiger partial charge on any atom is 0.0970 e. The summed E-state index contributed by atoms with van der Waals surface area (Å²) in [5, 5.41) is 26.8. The molecule has 0 amide bonds. The zero-order valence-corrected chi connectivity index (χ0v) is 12.9. The summed E-state index contributed by atoms with van der Waals surface area (Å²) in [5.74, 6) is 0. The van der Waals surface area contributed by atoms with Gasteiger partial charge in [0.15, 0.2) is 0 Å². The van der Waals surface area contributed by atoms with Crippen LogP contribution in [0.1, 0.15) is 18.4 Å². The van der Waals surface area contributed by atoms with Gasteiger partial charge in [0.05, 0.1) is 30.1 Å². The fourth-order valence-corrected chi connectivity index (χ4v) is 3.43. The molecule has 3 heterocycles. The number of nitrogens with zero attached hydrogens (tertiary/aromatic N) is 5. The molecule has 2 aromatic heterocycles. The van der Waals surface area contributed by atoms with Crippen LogP contribution in [-0.2, 0) is 13.1 Å². The first-order valence-electron chi connectivity index (χ1n) is 7.91. The number of hydrogen-bond donors (Lipinski definition) is 2. The number of H-pyrrole nitrogens is 1. The van der Waals surface area contributed by atoms with Crippen LogP contribution in [0.4, 0.5) is 0 Å². The summed E-state index contributed by atoms with van der Waals surface area (Å²) < 4.78 is 1.71. The molecule has 0 saturated carbocycles. The number of aromatic amines is 1. The second-order valence-corrected chi connectivity index (χ2v) is 6.43. The molecule has 1 aliphatic heterocycles. The number of aliphatic hydroxyl groups is 1. The van der Waals surface area contributed by atoms with Crippen molar-refractivity contribution >= 4 is 10.9 Å². The quantitative estimate of drug-likeness (QED) is 0.756. The van der Waals surface area contributed by atoms with E-state index in [1.807, 2.05) is 6.20 Å². The Morgan fingerprint density at radius 2 is 2.30 bits per heavy atom. The van der Waals surface area contributed by atoms with Crippen molar-refractivity contribution in [2.24, 2.45) is 0 Å². The minimum atomic E-state index is -0.746. The Morgan fingerprint density at radius 3 is 3.17 bits per heavy atom. The average Bonchev–Trinajstić information content (AvgIpc) is 3.17.